The van der Waals surface area contributed by atoms with E-state index in [2.05, 4.69) is 22.2 Å². The van der Waals surface area contributed by atoms with E-state index in [0.717, 1.165) is 5.76 Å². The van der Waals surface area contributed by atoms with Crippen LogP contribution in [0.4, 0.5) is 0 Å². The second-order valence-corrected chi connectivity index (χ2v) is 7.13. The predicted molar refractivity (Wildman–Crippen MR) is 101 cm³/mol. The summed E-state index contributed by atoms with van der Waals surface area (Å²) in [6, 6.07) is 11.0. The molecule has 4 rings (SSSR count). The van der Waals surface area contributed by atoms with E-state index in [-0.39, 0.29) is 6.61 Å². The Morgan fingerprint density at radius 1 is 1.38 bits per heavy atom. The number of hydrogen-bond donors (Lipinski definition) is 1. The highest BCUT2D eigenvalue weighted by molar-refractivity contribution is 7.71. The van der Waals surface area contributed by atoms with Gasteiger partial charge in [-0.15, -0.1) is 0 Å². The first-order chi connectivity index (χ1) is 12.6. The Morgan fingerprint density at radius 2 is 2.15 bits per heavy atom. The summed E-state index contributed by atoms with van der Waals surface area (Å²) in [4.78, 5) is 0. The zero-order valence-electron chi connectivity index (χ0n) is 14.1. The summed E-state index contributed by atoms with van der Waals surface area (Å²) < 4.78 is 13.4. The van der Waals surface area contributed by atoms with Crippen LogP contribution in [-0.2, 0) is 6.61 Å². The molecule has 2 heterocycles. The third-order valence-electron chi connectivity index (χ3n) is 4.32. The van der Waals surface area contributed by atoms with Gasteiger partial charge >= 0.3 is 0 Å². The molecule has 1 N–H and O–H groups in total. The number of furan rings is 1. The first-order valence-corrected chi connectivity index (χ1v) is 9.07. The van der Waals surface area contributed by atoms with Gasteiger partial charge in [-0.1, -0.05) is 18.5 Å². The molecule has 26 heavy (non-hydrogen) atoms. The van der Waals surface area contributed by atoms with Gasteiger partial charge in [0.05, 0.1) is 6.21 Å². The molecule has 1 fully saturated rings. The van der Waals surface area contributed by atoms with Crippen LogP contribution >= 0.6 is 23.8 Å². The van der Waals surface area contributed by atoms with Gasteiger partial charge in [-0.05, 0) is 61.0 Å². The Labute approximate surface area is 160 Å². The number of aromatic nitrogens is 3. The lowest BCUT2D eigenvalue weighted by Crippen LogP contribution is -2.04. The predicted octanol–water partition coefficient (Wildman–Crippen LogP) is 4.77. The van der Waals surface area contributed by atoms with Crippen LogP contribution in [-0.4, -0.2) is 21.1 Å². The Kier molecular flexibility index (Phi) is 4.65. The molecule has 0 aliphatic heterocycles. The lowest BCUT2D eigenvalue weighted by molar-refractivity contribution is 0.290. The molecular formula is C18H17ClN4O2S. The van der Waals surface area contributed by atoms with E-state index in [9.17, 15) is 0 Å². The van der Waals surface area contributed by atoms with Gasteiger partial charge in [-0.2, -0.15) is 14.9 Å². The molecule has 1 saturated carbocycles. The summed E-state index contributed by atoms with van der Waals surface area (Å²) >= 11 is 11.1. The van der Waals surface area contributed by atoms with Crippen molar-refractivity contribution in [1.82, 2.24) is 14.9 Å². The number of nitrogens with zero attached hydrogens (tertiary/aromatic N) is 3. The quantitative estimate of drug-likeness (QED) is 0.487. The maximum absolute atomic E-state index is 5.87. The van der Waals surface area contributed by atoms with Crippen LogP contribution in [0.2, 0.25) is 5.02 Å². The molecule has 0 bridgehead atoms. The van der Waals surface area contributed by atoms with Gasteiger partial charge in [-0.3, -0.25) is 0 Å². The van der Waals surface area contributed by atoms with Gasteiger partial charge in [-0.25, -0.2) is 5.10 Å². The van der Waals surface area contributed by atoms with Crippen LogP contribution in [0.5, 0.6) is 5.75 Å². The highest BCUT2D eigenvalue weighted by Gasteiger charge is 2.36. The van der Waals surface area contributed by atoms with Crippen LogP contribution in [0.15, 0.2) is 45.9 Å². The second-order valence-electron chi connectivity index (χ2n) is 6.30. The molecule has 0 radical (unpaired) electrons. The average Bonchev–Trinajstić information content (AvgIpc) is 3.04. The van der Waals surface area contributed by atoms with E-state index >= 15 is 0 Å². The Hall–Kier alpha value is -2.38. The molecule has 3 aromatic rings. The fourth-order valence-electron chi connectivity index (χ4n) is 2.69. The van der Waals surface area contributed by atoms with Crippen molar-refractivity contribution in [3.05, 3.63) is 63.5 Å². The lowest BCUT2D eigenvalue weighted by Gasteiger charge is -2.05. The van der Waals surface area contributed by atoms with E-state index < -0.39 is 0 Å². The monoisotopic (exact) mass is 388 g/mol. The van der Waals surface area contributed by atoms with Crippen LogP contribution in [0, 0.1) is 10.7 Å². The van der Waals surface area contributed by atoms with E-state index in [1.54, 1.807) is 30.5 Å². The summed E-state index contributed by atoms with van der Waals surface area (Å²) in [5, 5.41) is 11.9. The standard InChI is InChI=1S/C18H17ClN4O2S/c1-11-8-15(11)16-7-6-14(25-16)9-20-23-17(21-22-18(23)26)10-24-13-4-2-12(19)3-5-13/h2-7,9,11,15H,8,10H2,1H3,(H,22,26)/b20-9-/t11-,15+/m1/s1. The third-order valence-corrected chi connectivity index (χ3v) is 4.84. The van der Waals surface area contributed by atoms with E-state index in [1.807, 2.05) is 12.1 Å². The molecule has 1 aromatic carbocycles. The van der Waals surface area contributed by atoms with Crippen LogP contribution in [0.3, 0.4) is 0 Å². The third kappa shape index (κ3) is 3.73. The topological polar surface area (TPSA) is 68.3 Å². The normalized spacial score (nSPS) is 19.2. The molecule has 2 aromatic heterocycles. The molecule has 8 heteroatoms. The van der Waals surface area contributed by atoms with Crippen molar-refractivity contribution >= 4 is 30.0 Å². The summed E-state index contributed by atoms with van der Waals surface area (Å²) in [6.07, 6.45) is 2.82. The van der Waals surface area contributed by atoms with Crippen molar-refractivity contribution in [2.24, 2.45) is 11.0 Å². The summed E-state index contributed by atoms with van der Waals surface area (Å²) in [5.41, 5.74) is 0. The average molecular weight is 389 g/mol. The highest BCUT2D eigenvalue weighted by Crippen LogP contribution is 2.47. The van der Waals surface area contributed by atoms with E-state index in [0.29, 0.717) is 39.0 Å². The molecule has 0 amide bonds. The Morgan fingerprint density at radius 3 is 2.88 bits per heavy atom. The second kappa shape index (κ2) is 7.09. The molecule has 0 spiro atoms. The zero-order chi connectivity index (χ0) is 18.1. The lowest BCUT2D eigenvalue weighted by atomic mass is 10.3. The number of nitrogens with one attached hydrogen (secondary N) is 1. The fraction of sp³-hybridized carbons (Fsp3) is 0.278. The van der Waals surface area contributed by atoms with Gasteiger partial charge in [0.2, 0.25) is 4.77 Å². The maximum Gasteiger partial charge on any atom is 0.216 e. The first kappa shape index (κ1) is 17.1. The summed E-state index contributed by atoms with van der Waals surface area (Å²) in [7, 11) is 0. The van der Waals surface area contributed by atoms with Crippen molar-refractivity contribution in [1.29, 1.82) is 0 Å². The highest BCUT2D eigenvalue weighted by atomic mass is 35.5. The van der Waals surface area contributed by atoms with Gasteiger partial charge in [0, 0.05) is 10.9 Å². The molecule has 2 atom stereocenters. The molecule has 1 aliphatic carbocycles. The van der Waals surface area contributed by atoms with Gasteiger partial charge < -0.3 is 9.15 Å². The summed E-state index contributed by atoms with van der Waals surface area (Å²) in [5.74, 6) is 4.19. The fourth-order valence-corrected chi connectivity index (χ4v) is 3.01. The smallest absolute Gasteiger partial charge is 0.216 e. The van der Waals surface area contributed by atoms with Crippen molar-refractivity contribution in [3.63, 3.8) is 0 Å². The van der Waals surface area contributed by atoms with Crippen molar-refractivity contribution in [2.75, 3.05) is 0 Å². The van der Waals surface area contributed by atoms with Crippen molar-refractivity contribution in [2.45, 2.75) is 25.9 Å². The van der Waals surface area contributed by atoms with Crippen LogP contribution < -0.4 is 4.74 Å². The van der Waals surface area contributed by atoms with Crippen LogP contribution in [0.1, 0.15) is 36.6 Å². The number of benzene rings is 1. The minimum absolute atomic E-state index is 0.217. The Bertz CT molecular complexity index is 989. The molecule has 0 saturated heterocycles. The van der Waals surface area contributed by atoms with E-state index in [1.165, 1.54) is 11.1 Å². The van der Waals surface area contributed by atoms with Gasteiger partial charge in [0.25, 0.3) is 0 Å². The van der Waals surface area contributed by atoms with Gasteiger partial charge in [0.15, 0.2) is 5.82 Å². The zero-order valence-corrected chi connectivity index (χ0v) is 15.6. The van der Waals surface area contributed by atoms with Crippen molar-refractivity contribution in [3.8, 4) is 5.75 Å². The summed E-state index contributed by atoms with van der Waals surface area (Å²) in [6.45, 7) is 2.44. The number of rotatable bonds is 6. The van der Waals surface area contributed by atoms with Gasteiger partial charge in [0.1, 0.15) is 23.9 Å². The molecular weight excluding hydrogens is 372 g/mol. The number of H-pyrrole nitrogens is 1. The minimum atomic E-state index is 0.217. The number of halogens is 1. The minimum Gasteiger partial charge on any atom is -0.486 e. The number of ether oxygens (including phenoxy) is 1. The first-order valence-electron chi connectivity index (χ1n) is 8.29. The largest absolute Gasteiger partial charge is 0.486 e. The van der Waals surface area contributed by atoms with E-state index in [4.69, 9.17) is 33.0 Å². The molecule has 134 valence electrons. The SMILES string of the molecule is C[C@@H]1C[C@@H]1c1ccc(/C=N\n2c(COc3ccc(Cl)cc3)n[nH]c2=S)o1. The molecule has 0 unspecified atom stereocenters. The van der Waals surface area contributed by atoms with Crippen LogP contribution in [0.25, 0.3) is 0 Å². The maximum atomic E-state index is 5.87. The number of aromatic amines is 1. The Balaban J connectivity index is 1.46. The molecule has 1 aliphatic rings. The number of hydrogen-bond acceptors (Lipinski definition) is 5. The van der Waals surface area contributed by atoms with Crippen molar-refractivity contribution < 1.29 is 9.15 Å². The molecule has 6 nitrogen and oxygen atoms in total.